The molecule has 0 radical (unpaired) electrons. The molecule has 0 bridgehead atoms. The van der Waals surface area contributed by atoms with Crippen molar-refractivity contribution in [2.24, 2.45) is 0 Å². The third-order valence-corrected chi connectivity index (χ3v) is 5.34. The number of nitrogens with one attached hydrogen (secondary N) is 1. The van der Waals surface area contributed by atoms with Gasteiger partial charge in [0.25, 0.3) is 0 Å². The fourth-order valence-corrected chi connectivity index (χ4v) is 3.47. The molecule has 0 aliphatic heterocycles. The van der Waals surface area contributed by atoms with E-state index in [4.69, 9.17) is 11.6 Å². The van der Waals surface area contributed by atoms with Crippen molar-refractivity contribution >= 4 is 38.9 Å². The first-order chi connectivity index (χ1) is 12.4. The van der Waals surface area contributed by atoms with Crippen LogP contribution in [0.25, 0.3) is 0 Å². The first-order valence-electron chi connectivity index (χ1n) is 8.21. The molecule has 0 atom stereocenters. The van der Waals surface area contributed by atoms with Crippen LogP contribution < -0.4 is 9.62 Å². The summed E-state index contributed by atoms with van der Waals surface area (Å²) in [6.45, 7) is 5.75. The van der Waals surface area contributed by atoms with Crippen molar-refractivity contribution in [2.75, 3.05) is 22.4 Å². The van der Waals surface area contributed by atoms with Crippen molar-refractivity contribution in [2.45, 2.75) is 26.2 Å². The van der Waals surface area contributed by atoms with E-state index >= 15 is 0 Å². The number of amides is 1. The fourth-order valence-electron chi connectivity index (χ4n) is 2.43. The second kappa shape index (κ2) is 7.86. The molecule has 0 unspecified atom stereocenters. The van der Waals surface area contributed by atoms with Crippen LogP contribution in [0.5, 0.6) is 0 Å². The molecule has 1 N–H and O–H groups in total. The first-order valence-corrected chi connectivity index (χ1v) is 10.4. The summed E-state index contributed by atoms with van der Waals surface area (Å²) in [6.07, 6.45) is 1.03. The number of carbonyl (C=O) groups is 1. The minimum absolute atomic E-state index is 0.0757. The Bertz CT molecular complexity index is 938. The Labute approximate surface area is 164 Å². The molecule has 1 amide bonds. The third kappa shape index (κ3) is 5.68. The summed E-state index contributed by atoms with van der Waals surface area (Å²) in [6, 6.07) is 10.8. The highest BCUT2D eigenvalue weighted by atomic mass is 35.5. The maximum atomic E-state index is 13.2. The van der Waals surface area contributed by atoms with Gasteiger partial charge in [-0.05, 0) is 41.3 Å². The van der Waals surface area contributed by atoms with Crippen molar-refractivity contribution in [1.82, 2.24) is 0 Å². The van der Waals surface area contributed by atoms with E-state index in [0.29, 0.717) is 5.69 Å². The summed E-state index contributed by atoms with van der Waals surface area (Å²) < 4.78 is 38.6. The summed E-state index contributed by atoms with van der Waals surface area (Å²) in [5.74, 6) is -1.17. The SMILES string of the molecule is CC(C)(C)c1ccc(N(CC(=O)Nc2ccc(F)c(Cl)c2)S(C)(=O)=O)cc1. The van der Waals surface area contributed by atoms with Crippen LogP contribution in [0.1, 0.15) is 26.3 Å². The lowest BCUT2D eigenvalue weighted by Gasteiger charge is -2.24. The molecule has 0 aliphatic carbocycles. The van der Waals surface area contributed by atoms with Crippen LogP contribution in [0.3, 0.4) is 0 Å². The first kappa shape index (κ1) is 21.2. The minimum Gasteiger partial charge on any atom is -0.324 e. The van der Waals surface area contributed by atoms with Crippen LogP contribution in [0.4, 0.5) is 15.8 Å². The Hall–Kier alpha value is -2.12. The molecule has 2 rings (SSSR count). The molecular formula is C19H22ClFN2O3S. The topological polar surface area (TPSA) is 66.5 Å². The van der Waals surface area contributed by atoms with Gasteiger partial charge in [-0.25, -0.2) is 12.8 Å². The Balaban J connectivity index is 2.22. The fraction of sp³-hybridized carbons (Fsp3) is 0.316. The summed E-state index contributed by atoms with van der Waals surface area (Å²) >= 11 is 5.69. The molecule has 5 nitrogen and oxygen atoms in total. The van der Waals surface area contributed by atoms with Crippen molar-refractivity contribution in [1.29, 1.82) is 0 Å². The summed E-state index contributed by atoms with van der Waals surface area (Å²) in [5.41, 5.74) is 1.64. The van der Waals surface area contributed by atoms with Gasteiger partial charge in [0.2, 0.25) is 15.9 Å². The third-order valence-electron chi connectivity index (χ3n) is 3.91. The van der Waals surface area contributed by atoms with Gasteiger partial charge in [-0.2, -0.15) is 0 Å². The number of rotatable bonds is 5. The molecule has 0 heterocycles. The maximum absolute atomic E-state index is 13.2. The van der Waals surface area contributed by atoms with Gasteiger partial charge < -0.3 is 5.32 Å². The van der Waals surface area contributed by atoms with E-state index in [1.54, 1.807) is 12.1 Å². The second-order valence-electron chi connectivity index (χ2n) is 7.24. The molecule has 0 spiro atoms. The normalized spacial score (nSPS) is 11.9. The van der Waals surface area contributed by atoms with Crippen LogP contribution >= 0.6 is 11.6 Å². The summed E-state index contributed by atoms with van der Waals surface area (Å²) in [7, 11) is -3.68. The molecule has 0 saturated carbocycles. The van der Waals surface area contributed by atoms with Gasteiger partial charge in [-0.3, -0.25) is 9.10 Å². The highest BCUT2D eigenvalue weighted by molar-refractivity contribution is 7.92. The number of nitrogens with zero attached hydrogens (tertiary/aromatic N) is 1. The molecule has 146 valence electrons. The van der Waals surface area contributed by atoms with E-state index in [0.717, 1.165) is 22.2 Å². The largest absolute Gasteiger partial charge is 0.324 e. The van der Waals surface area contributed by atoms with E-state index in [2.05, 4.69) is 26.1 Å². The average molecular weight is 413 g/mol. The number of hydrogen-bond acceptors (Lipinski definition) is 3. The molecule has 2 aromatic rings. The van der Waals surface area contributed by atoms with Gasteiger partial charge in [-0.1, -0.05) is 44.5 Å². The number of hydrogen-bond donors (Lipinski definition) is 1. The molecule has 2 aromatic carbocycles. The Morgan fingerprint density at radius 2 is 1.74 bits per heavy atom. The monoisotopic (exact) mass is 412 g/mol. The number of halogens is 2. The van der Waals surface area contributed by atoms with Gasteiger partial charge >= 0.3 is 0 Å². The lowest BCUT2D eigenvalue weighted by atomic mass is 9.87. The van der Waals surface area contributed by atoms with Gasteiger partial charge in [0.05, 0.1) is 17.0 Å². The van der Waals surface area contributed by atoms with Crippen molar-refractivity contribution in [3.05, 3.63) is 58.9 Å². The number of benzene rings is 2. The standard InChI is InChI=1S/C19H22ClFN2O3S/c1-19(2,3)13-5-8-15(9-6-13)23(27(4,25)26)12-18(24)22-14-7-10-17(21)16(20)11-14/h5-11H,12H2,1-4H3,(H,22,24). The van der Waals surface area contributed by atoms with Crippen molar-refractivity contribution in [3.8, 4) is 0 Å². The second-order valence-corrected chi connectivity index (χ2v) is 9.56. The highest BCUT2D eigenvalue weighted by Crippen LogP contribution is 2.26. The molecule has 8 heteroatoms. The zero-order chi connectivity index (χ0) is 20.4. The lowest BCUT2D eigenvalue weighted by Crippen LogP contribution is -2.37. The predicted octanol–water partition coefficient (Wildman–Crippen LogP) is 4.18. The number of carbonyl (C=O) groups excluding carboxylic acids is 1. The highest BCUT2D eigenvalue weighted by Gasteiger charge is 2.22. The van der Waals surface area contributed by atoms with Gasteiger partial charge in [0.15, 0.2) is 0 Å². The zero-order valence-electron chi connectivity index (χ0n) is 15.6. The van der Waals surface area contributed by atoms with Crippen LogP contribution in [0.2, 0.25) is 5.02 Å². The molecule has 0 aromatic heterocycles. The van der Waals surface area contributed by atoms with E-state index in [9.17, 15) is 17.6 Å². The molecule has 0 fully saturated rings. The van der Waals surface area contributed by atoms with E-state index < -0.39 is 28.3 Å². The van der Waals surface area contributed by atoms with Gasteiger partial charge in [-0.15, -0.1) is 0 Å². The van der Waals surface area contributed by atoms with Gasteiger partial charge in [0, 0.05) is 5.69 Å². The number of anilines is 2. The molecule has 0 aliphatic rings. The van der Waals surface area contributed by atoms with Gasteiger partial charge in [0.1, 0.15) is 12.4 Å². The molecule has 0 saturated heterocycles. The van der Waals surface area contributed by atoms with E-state index in [1.165, 1.54) is 12.1 Å². The Kier molecular flexibility index (Phi) is 6.17. The quantitative estimate of drug-likeness (QED) is 0.801. The van der Waals surface area contributed by atoms with Crippen LogP contribution in [0, 0.1) is 5.82 Å². The van der Waals surface area contributed by atoms with E-state index in [-0.39, 0.29) is 16.1 Å². The zero-order valence-corrected chi connectivity index (χ0v) is 17.2. The summed E-state index contributed by atoms with van der Waals surface area (Å²) in [5, 5.41) is 2.39. The maximum Gasteiger partial charge on any atom is 0.245 e. The number of sulfonamides is 1. The van der Waals surface area contributed by atoms with Crippen LogP contribution in [-0.4, -0.2) is 27.1 Å². The average Bonchev–Trinajstić information content (AvgIpc) is 2.54. The van der Waals surface area contributed by atoms with Crippen LogP contribution in [-0.2, 0) is 20.2 Å². The predicted molar refractivity (Wildman–Crippen MR) is 107 cm³/mol. The Morgan fingerprint density at radius 3 is 2.22 bits per heavy atom. The van der Waals surface area contributed by atoms with Crippen LogP contribution in [0.15, 0.2) is 42.5 Å². The summed E-state index contributed by atoms with van der Waals surface area (Å²) in [4.78, 5) is 12.3. The van der Waals surface area contributed by atoms with Crippen molar-refractivity contribution < 1.29 is 17.6 Å². The molecule has 27 heavy (non-hydrogen) atoms. The Morgan fingerprint density at radius 1 is 1.15 bits per heavy atom. The minimum atomic E-state index is -3.68. The smallest absolute Gasteiger partial charge is 0.245 e. The van der Waals surface area contributed by atoms with Crippen molar-refractivity contribution in [3.63, 3.8) is 0 Å². The lowest BCUT2D eigenvalue weighted by molar-refractivity contribution is -0.114. The molecular weight excluding hydrogens is 391 g/mol. The van der Waals surface area contributed by atoms with E-state index in [1.807, 2.05) is 12.1 Å².